The summed E-state index contributed by atoms with van der Waals surface area (Å²) in [5.41, 5.74) is 5.38. The fourth-order valence-electron chi connectivity index (χ4n) is 0.980. The van der Waals surface area contributed by atoms with Gasteiger partial charge in [0.2, 0.25) is 0 Å². The van der Waals surface area contributed by atoms with Crippen molar-refractivity contribution < 1.29 is 8.78 Å². The van der Waals surface area contributed by atoms with E-state index in [1.54, 1.807) is 6.92 Å². The number of nitrogens with two attached hydrogens (primary N) is 1. The van der Waals surface area contributed by atoms with Crippen molar-refractivity contribution in [1.29, 1.82) is 0 Å². The van der Waals surface area contributed by atoms with Gasteiger partial charge in [0.05, 0.1) is 0 Å². The SMILES string of the molecule is C[C](N)Cc1c(F)cccc1F. The van der Waals surface area contributed by atoms with Crippen molar-refractivity contribution in [3.63, 3.8) is 0 Å². The lowest BCUT2D eigenvalue weighted by Gasteiger charge is -2.06. The van der Waals surface area contributed by atoms with Crippen LogP contribution in [0.1, 0.15) is 12.5 Å². The smallest absolute Gasteiger partial charge is 0.129 e. The van der Waals surface area contributed by atoms with Crippen molar-refractivity contribution in [3.8, 4) is 0 Å². The monoisotopic (exact) mass is 170 g/mol. The third-order valence-electron chi connectivity index (χ3n) is 1.52. The number of rotatable bonds is 2. The molecule has 0 atom stereocenters. The molecule has 0 saturated carbocycles. The number of benzene rings is 1. The van der Waals surface area contributed by atoms with Crippen LogP contribution < -0.4 is 5.73 Å². The average molecular weight is 170 g/mol. The predicted molar refractivity (Wildman–Crippen MR) is 43.2 cm³/mol. The molecule has 0 heterocycles. The first kappa shape index (κ1) is 9.13. The van der Waals surface area contributed by atoms with Gasteiger partial charge in [-0.2, -0.15) is 0 Å². The van der Waals surface area contributed by atoms with Crippen LogP contribution in [0.4, 0.5) is 8.78 Å². The Kier molecular flexibility index (Phi) is 2.76. The van der Waals surface area contributed by atoms with Gasteiger partial charge in [0.15, 0.2) is 0 Å². The van der Waals surface area contributed by atoms with Gasteiger partial charge < -0.3 is 5.73 Å². The van der Waals surface area contributed by atoms with E-state index in [0.717, 1.165) is 0 Å². The minimum atomic E-state index is -0.542. The van der Waals surface area contributed by atoms with Gasteiger partial charge in [-0.25, -0.2) is 8.78 Å². The lowest BCUT2D eigenvalue weighted by atomic mass is 10.1. The lowest BCUT2D eigenvalue weighted by Crippen LogP contribution is -2.10. The molecule has 1 aromatic rings. The maximum atomic E-state index is 12.9. The largest absolute Gasteiger partial charge is 0.323 e. The Morgan fingerprint density at radius 2 is 1.83 bits per heavy atom. The zero-order chi connectivity index (χ0) is 9.14. The Labute approximate surface area is 70.2 Å². The molecule has 0 aromatic heterocycles. The summed E-state index contributed by atoms with van der Waals surface area (Å²) in [5.74, 6) is -1.08. The molecule has 1 aromatic carbocycles. The molecule has 0 fully saturated rings. The van der Waals surface area contributed by atoms with E-state index >= 15 is 0 Å². The Morgan fingerprint density at radius 3 is 2.25 bits per heavy atom. The first-order valence-corrected chi connectivity index (χ1v) is 3.62. The van der Waals surface area contributed by atoms with Crippen molar-refractivity contribution in [2.75, 3.05) is 0 Å². The quantitative estimate of drug-likeness (QED) is 0.722. The molecule has 0 amide bonds. The second-order valence-corrected chi connectivity index (χ2v) is 2.72. The Balaban J connectivity index is 2.96. The highest BCUT2D eigenvalue weighted by atomic mass is 19.1. The maximum Gasteiger partial charge on any atom is 0.129 e. The van der Waals surface area contributed by atoms with Crippen LogP contribution in [-0.4, -0.2) is 0 Å². The summed E-state index contributed by atoms with van der Waals surface area (Å²) >= 11 is 0. The molecular weight excluding hydrogens is 160 g/mol. The molecule has 0 unspecified atom stereocenters. The fourth-order valence-corrected chi connectivity index (χ4v) is 0.980. The molecule has 0 saturated heterocycles. The van der Waals surface area contributed by atoms with Crippen LogP contribution in [0.3, 0.4) is 0 Å². The van der Waals surface area contributed by atoms with E-state index in [9.17, 15) is 8.78 Å². The highest BCUT2D eigenvalue weighted by Crippen LogP contribution is 2.14. The van der Waals surface area contributed by atoms with Crippen LogP contribution in [0, 0.1) is 17.7 Å². The third kappa shape index (κ3) is 2.01. The highest BCUT2D eigenvalue weighted by molar-refractivity contribution is 5.22. The standard InChI is InChI=1S/C9H10F2N/c1-6(12)5-7-8(10)3-2-4-9(7)11/h2-4H,5,12H2,1H3. The van der Waals surface area contributed by atoms with Crippen LogP contribution in [0.5, 0.6) is 0 Å². The van der Waals surface area contributed by atoms with Crippen molar-refractivity contribution in [1.82, 2.24) is 0 Å². The predicted octanol–water partition coefficient (Wildman–Crippen LogP) is 2.02. The topological polar surface area (TPSA) is 26.0 Å². The van der Waals surface area contributed by atoms with Crippen LogP contribution >= 0.6 is 0 Å². The van der Waals surface area contributed by atoms with Gasteiger partial charge in [0, 0.05) is 11.6 Å². The van der Waals surface area contributed by atoms with E-state index in [4.69, 9.17) is 5.73 Å². The number of halogens is 2. The molecule has 0 aliphatic carbocycles. The minimum absolute atomic E-state index is 0.0394. The van der Waals surface area contributed by atoms with Gasteiger partial charge >= 0.3 is 0 Å². The molecule has 0 bridgehead atoms. The van der Waals surface area contributed by atoms with Crippen LogP contribution in [0.2, 0.25) is 0 Å². The van der Waals surface area contributed by atoms with E-state index in [1.807, 2.05) is 0 Å². The first-order valence-electron chi connectivity index (χ1n) is 3.62. The summed E-state index contributed by atoms with van der Waals surface area (Å²) in [6, 6.07) is 4.28. The van der Waals surface area contributed by atoms with Crippen molar-refractivity contribution in [2.45, 2.75) is 13.3 Å². The summed E-state index contributed by atoms with van der Waals surface area (Å²) in [6.07, 6.45) is 0.151. The van der Waals surface area contributed by atoms with Crippen LogP contribution in [0.25, 0.3) is 0 Å². The van der Waals surface area contributed by atoms with Gasteiger partial charge in [-0.3, -0.25) is 0 Å². The first-order chi connectivity index (χ1) is 5.61. The summed E-state index contributed by atoms with van der Waals surface area (Å²) < 4.78 is 25.8. The molecule has 0 aliphatic rings. The maximum absolute atomic E-state index is 12.9. The number of hydrogen-bond acceptors (Lipinski definition) is 1. The van der Waals surface area contributed by atoms with Gasteiger partial charge in [-0.15, -0.1) is 0 Å². The molecule has 1 nitrogen and oxygen atoms in total. The van der Waals surface area contributed by atoms with Crippen LogP contribution in [-0.2, 0) is 6.42 Å². The Morgan fingerprint density at radius 1 is 1.33 bits per heavy atom. The Hall–Kier alpha value is -0.960. The number of hydrogen-bond donors (Lipinski definition) is 1. The van der Waals surface area contributed by atoms with Gasteiger partial charge in [0.25, 0.3) is 0 Å². The van der Waals surface area contributed by atoms with Crippen LogP contribution in [0.15, 0.2) is 18.2 Å². The van der Waals surface area contributed by atoms with Gasteiger partial charge in [-0.05, 0) is 25.5 Å². The molecule has 12 heavy (non-hydrogen) atoms. The zero-order valence-corrected chi connectivity index (χ0v) is 6.77. The average Bonchev–Trinajstić information content (AvgIpc) is 1.97. The summed E-state index contributed by atoms with van der Waals surface area (Å²) in [7, 11) is 0. The Bertz CT molecular complexity index is 251. The summed E-state index contributed by atoms with van der Waals surface area (Å²) in [6.45, 7) is 1.63. The van der Waals surface area contributed by atoms with E-state index in [-0.39, 0.29) is 12.0 Å². The zero-order valence-electron chi connectivity index (χ0n) is 6.77. The van der Waals surface area contributed by atoms with E-state index < -0.39 is 11.6 Å². The second-order valence-electron chi connectivity index (χ2n) is 2.72. The molecule has 1 radical (unpaired) electrons. The normalized spacial score (nSPS) is 10.8. The van der Waals surface area contributed by atoms with E-state index in [1.165, 1.54) is 18.2 Å². The van der Waals surface area contributed by atoms with E-state index in [2.05, 4.69) is 0 Å². The highest BCUT2D eigenvalue weighted by Gasteiger charge is 2.09. The minimum Gasteiger partial charge on any atom is -0.323 e. The van der Waals surface area contributed by atoms with E-state index in [0.29, 0.717) is 6.04 Å². The van der Waals surface area contributed by atoms with Gasteiger partial charge in [0.1, 0.15) is 11.6 Å². The summed E-state index contributed by atoms with van der Waals surface area (Å²) in [4.78, 5) is 0. The lowest BCUT2D eigenvalue weighted by molar-refractivity contribution is 0.555. The van der Waals surface area contributed by atoms with Crippen molar-refractivity contribution in [3.05, 3.63) is 41.4 Å². The molecular formula is C9H10F2N. The summed E-state index contributed by atoms with van der Waals surface area (Å²) in [5, 5.41) is 0. The molecule has 2 N–H and O–H groups in total. The third-order valence-corrected chi connectivity index (χ3v) is 1.52. The van der Waals surface area contributed by atoms with Crippen molar-refractivity contribution >= 4 is 0 Å². The molecule has 0 aliphatic heterocycles. The molecule has 0 spiro atoms. The fraction of sp³-hybridized carbons (Fsp3) is 0.222. The molecule has 3 heteroatoms. The van der Waals surface area contributed by atoms with Gasteiger partial charge in [-0.1, -0.05) is 6.07 Å². The van der Waals surface area contributed by atoms with Crippen molar-refractivity contribution in [2.24, 2.45) is 5.73 Å². The molecule has 1 rings (SSSR count). The molecule has 65 valence electrons. The second kappa shape index (κ2) is 3.63.